The maximum absolute atomic E-state index is 5.37. The second-order valence-corrected chi connectivity index (χ2v) is 30.6. The number of hydrogen-bond acceptors (Lipinski definition) is 4. The fraction of sp³-hybridized carbons (Fsp3) is 0. The van der Waals surface area contributed by atoms with Gasteiger partial charge in [-0.1, -0.05) is 364 Å². The molecule has 24 aromatic rings. The molecule has 0 saturated heterocycles. The molecule has 0 atom stereocenters. The molecule has 4 aromatic heterocycles. The molecule has 0 aliphatic carbocycles. The van der Waals surface area contributed by atoms with Crippen molar-refractivity contribution < 1.29 is 0 Å². The predicted molar refractivity (Wildman–Crippen MR) is 496 cm³/mol. The summed E-state index contributed by atoms with van der Waals surface area (Å²) in [6.07, 6.45) is 0. The van der Waals surface area contributed by atoms with Gasteiger partial charge in [0.05, 0.1) is 44.5 Å². The average molecular weight is 1500 g/mol. The largest absolute Gasteiger partial charge is 0.309 e. The van der Waals surface area contributed by atoms with Crippen LogP contribution in [0.2, 0.25) is 0 Å². The van der Waals surface area contributed by atoms with Gasteiger partial charge in [-0.25, -0.2) is 19.9 Å². The van der Waals surface area contributed by atoms with E-state index in [0.29, 0.717) is 5.82 Å². The van der Waals surface area contributed by atoms with Crippen LogP contribution in [0.1, 0.15) is 0 Å². The van der Waals surface area contributed by atoms with Crippen molar-refractivity contribution in [3.63, 3.8) is 0 Å². The van der Waals surface area contributed by atoms with E-state index < -0.39 is 0 Å². The first-order valence-electron chi connectivity index (χ1n) is 40.3. The zero-order valence-electron chi connectivity index (χ0n) is 64.1. The molecule has 0 radical (unpaired) electrons. The van der Waals surface area contributed by atoms with E-state index in [9.17, 15) is 0 Å². The molecule has 548 valence electrons. The lowest BCUT2D eigenvalue weighted by Gasteiger charge is -2.15. The van der Waals surface area contributed by atoms with Crippen LogP contribution < -0.4 is 0 Å². The van der Waals surface area contributed by atoms with Gasteiger partial charge in [0.15, 0.2) is 11.6 Å². The van der Waals surface area contributed by atoms with E-state index in [4.69, 9.17) is 19.9 Å². The highest BCUT2D eigenvalue weighted by Crippen LogP contribution is 2.49. The first kappa shape index (κ1) is 67.9. The molecule has 0 aliphatic heterocycles. The zero-order valence-corrected chi connectivity index (χ0v) is 64.1. The monoisotopic (exact) mass is 1500 g/mol. The Bertz CT molecular complexity index is 8000. The molecule has 6 heteroatoms. The van der Waals surface area contributed by atoms with E-state index in [-0.39, 0.29) is 0 Å². The minimum atomic E-state index is 0.707. The molecule has 0 bridgehead atoms. The van der Waals surface area contributed by atoms with Crippen LogP contribution in [0.4, 0.5) is 0 Å². The van der Waals surface area contributed by atoms with Gasteiger partial charge in [-0.15, -0.1) is 0 Å². The van der Waals surface area contributed by atoms with Crippen LogP contribution in [-0.2, 0) is 0 Å². The minimum absolute atomic E-state index is 0.707. The SMILES string of the molecule is c1ccc(-c2ccc(-c3nc(-c4cccc5cc(-n6c7cc(-c8ccccc8)c8ccccc8c7c7c8ccccc8c(-c8ccccc8)cc76)ccc45)nc4ccccc34)cc2)cc1.c1ccc(-c2nc(-c3cccc4cc(-n5c6ccc7ccccc7c6c6c7ccccc7c(-c7ccccc7)cc65)ccc34)nc3ccccc23)cc1. The van der Waals surface area contributed by atoms with Crippen molar-refractivity contribution in [3.8, 4) is 101 Å². The smallest absolute Gasteiger partial charge is 0.161 e. The Balaban J connectivity index is 0.000000141. The molecule has 0 N–H and O–H groups in total. The number of para-hydroxylation sites is 2. The molecule has 0 saturated carbocycles. The highest BCUT2D eigenvalue weighted by Gasteiger charge is 2.26. The van der Waals surface area contributed by atoms with E-state index in [2.05, 4.69) is 422 Å². The number of nitrogens with zero attached hydrogens (tertiary/aromatic N) is 6. The summed E-state index contributed by atoms with van der Waals surface area (Å²) in [5, 5.41) is 21.6. The molecule has 24 rings (SSSR count). The lowest BCUT2D eigenvalue weighted by molar-refractivity contribution is 1.19. The Morgan fingerprint density at radius 1 is 0.161 bits per heavy atom. The Kier molecular flexibility index (Phi) is 16.2. The maximum atomic E-state index is 5.37. The molecule has 118 heavy (non-hydrogen) atoms. The first-order chi connectivity index (χ1) is 58.5. The summed E-state index contributed by atoms with van der Waals surface area (Å²) in [6, 6.07) is 153. The van der Waals surface area contributed by atoms with Crippen molar-refractivity contribution >= 4 is 130 Å². The van der Waals surface area contributed by atoms with Crippen LogP contribution in [0, 0.1) is 0 Å². The van der Waals surface area contributed by atoms with Crippen molar-refractivity contribution in [1.29, 1.82) is 0 Å². The van der Waals surface area contributed by atoms with Gasteiger partial charge >= 0.3 is 0 Å². The molecular weight excluding hydrogens is 1430 g/mol. The number of rotatable bonds is 10. The lowest BCUT2D eigenvalue weighted by atomic mass is 9.92. The standard InChI is InChI=1S/C62H39N3.C50H31N3/c1-4-17-40(18-5-1)41-31-33-44(34-32-41)61-53-28-14-15-30-56(53)63-62(64-61)52-29-16-23-45-37-46(35-36-47(45)52)65-57-38-54(42-19-6-2-7-20-42)48-24-10-12-26-50(48)59(57)60-51-27-13-11-25-49(51)55(39-58(60)65)43-21-8-3-9-22-43;1-3-14-32(15-4-1)43-31-46-48(40-22-10-9-21-39(40)43)47-38-20-8-7-16-33(38)26-29-45(47)53(46)36-27-28-37-35(30-36)19-13-24-41(37)50-51-44-25-12-11-23-42(44)49(52-50)34-17-5-2-6-18-34/h1-39H;1-31H. The first-order valence-corrected chi connectivity index (χ1v) is 40.3. The summed E-state index contributed by atoms with van der Waals surface area (Å²) >= 11 is 0. The number of aromatic nitrogens is 6. The van der Waals surface area contributed by atoms with Crippen LogP contribution in [0.3, 0.4) is 0 Å². The summed E-state index contributed by atoms with van der Waals surface area (Å²) in [7, 11) is 0. The zero-order chi connectivity index (χ0) is 77.7. The lowest BCUT2D eigenvalue weighted by Crippen LogP contribution is -1.97. The second-order valence-electron chi connectivity index (χ2n) is 30.6. The molecule has 0 aliphatic rings. The minimum Gasteiger partial charge on any atom is -0.309 e. The topological polar surface area (TPSA) is 61.4 Å². The van der Waals surface area contributed by atoms with E-state index >= 15 is 0 Å². The van der Waals surface area contributed by atoms with Crippen molar-refractivity contribution in [2.24, 2.45) is 0 Å². The van der Waals surface area contributed by atoms with Gasteiger partial charge in [0.2, 0.25) is 0 Å². The third-order valence-electron chi connectivity index (χ3n) is 23.9. The fourth-order valence-corrected chi connectivity index (χ4v) is 18.6. The van der Waals surface area contributed by atoms with E-state index in [1.807, 2.05) is 12.1 Å². The Morgan fingerprint density at radius 2 is 0.475 bits per heavy atom. The highest BCUT2D eigenvalue weighted by atomic mass is 15.0. The quantitative estimate of drug-likeness (QED) is 0.137. The van der Waals surface area contributed by atoms with Crippen molar-refractivity contribution in [3.05, 3.63) is 425 Å². The normalized spacial score (nSPS) is 11.7. The van der Waals surface area contributed by atoms with Gasteiger partial charge in [-0.05, 0) is 170 Å². The molecule has 0 spiro atoms. The average Bonchev–Trinajstić information content (AvgIpc) is 1.55. The Labute approximate surface area is 680 Å². The molecule has 0 fully saturated rings. The maximum Gasteiger partial charge on any atom is 0.161 e. The number of fused-ring (bicyclic) bond motifs is 18. The molecule has 4 heterocycles. The third kappa shape index (κ3) is 11.3. The summed E-state index contributed by atoms with van der Waals surface area (Å²) < 4.78 is 4.96. The summed E-state index contributed by atoms with van der Waals surface area (Å²) in [5.74, 6) is 1.43. The van der Waals surface area contributed by atoms with E-state index in [0.717, 1.165) is 94.2 Å². The second kappa shape index (κ2) is 28.1. The molecule has 6 nitrogen and oxygen atoms in total. The van der Waals surface area contributed by atoms with Gasteiger partial charge < -0.3 is 9.13 Å². The van der Waals surface area contributed by atoms with Gasteiger partial charge in [0.1, 0.15) is 0 Å². The molecule has 0 amide bonds. The summed E-state index contributed by atoms with van der Waals surface area (Å²) in [4.78, 5) is 20.9. The van der Waals surface area contributed by atoms with Gasteiger partial charge in [-0.2, -0.15) is 0 Å². The molecular formula is C112H70N6. The van der Waals surface area contributed by atoms with Crippen molar-refractivity contribution in [2.45, 2.75) is 0 Å². The van der Waals surface area contributed by atoms with Crippen LogP contribution >= 0.6 is 0 Å². The summed E-state index contributed by atoms with van der Waals surface area (Å²) in [5.41, 5.74) is 24.4. The predicted octanol–water partition coefficient (Wildman–Crippen LogP) is 29.7. The van der Waals surface area contributed by atoms with Crippen LogP contribution in [0.5, 0.6) is 0 Å². The highest BCUT2D eigenvalue weighted by molar-refractivity contribution is 6.33. The Hall–Kier alpha value is -15.8. The van der Waals surface area contributed by atoms with E-state index in [1.165, 1.54) is 131 Å². The van der Waals surface area contributed by atoms with Gasteiger partial charge in [0.25, 0.3) is 0 Å². The van der Waals surface area contributed by atoms with Crippen LogP contribution in [-0.4, -0.2) is 29.1 Å². The molecule has 20 aromatic carbocycles. The van der Waals surface area contributed by atoms with E-state index in [1.54, 1.807) is 0 Å². The molecule has 0 unspecified atom stereocenters. The van der Waals surface area contributed by atoms with Gasteiger partial charge in [-0.3, -0.25) is 0 Å². The number of hydrogen-bond donors (Lipinski definition) is 0. The third-order valence-corrected chi connectivity index (χ3v) is 23.9. The number of benzene rings is 20. The van der Waals surface area contributed by atoms with Crippen molar-refractivity contribution in [1.82, 2.24) is 29.1 Å². The van der Waals surface area contributed by atoms with Crippen LogP contribution in [0.15, 0.2) is 425 Å². The van der Waals surface area contributed by atoms with Gasteiger partial charge in [0, 0.05) is 65.9 Å². The summed E-state index contributed by atoms with van der Waals surface area (Å²) in [6.45, 7) is 0. The Morgan fingerprint density at radius 3 is 0.907 bits per heavy atom. The fourth-order valence-electron chi connectivity index (χ4n) is 18.6. The van der Waals surface area contributed by atoms with Crippen LogP contribution in [0.25, 0.3) is 231 Å². The van der Waals surface area contributed by atoms with Crippen molar-refractivity contribution in [2.75, 3.05) is 0 Å².